The van der Waals surface area contributed by atoms with Crippen molar-refractivity contribution < 1.29 is 39.6 Å². The highest BCUT2D eigenvalue weighted by molar-refractivity contribution is 5.72. The number of nitrogens with zero attached hydrogens (tertiary/aromatic N) is 4. The van der Waals surface area contributed by atoms with Crippen molar-refractivity contribution in [1.82, 2.24) is 40.9 Å². The highest BCUT2D eigenvalue weighted by Gasteiger charge is 2.34. The standard InChI is InChI=1S/C64H88N8O8/c73-61(74)57(53-13-17-65-37-53)33-45-5-1-9-49(29-45)41-69-21-23-70(42-50-10-2-6-46(30-50)34-58(62(75)76)54-14-18-66-38-54)25-27-72(44-52-12-4-8-48(32-52)36-60(64(79)80)56-16-20-68-40-56)28-26-71(24-22-69)43-51-11-3-7-47(31-51)35-59(63(77)78)55-15-19-67-39-55/h1-12,29-32,53-60,65-68H,13-28,33-44H2,(H,73,74)(H,75,76)(H,77,78)(H,79,80)/t53?,54?,55?,56?,57-,58-,59-,60-/m0/s1. The van der Waals surface area contributed by atoms with Gasteiger partial charge < -0.3 is 41.7 Å². The summed E-state index contributed by atoms with van der Waals surface area (Å²) in [6.07, 6.45) is 5.44. The van der Waals surface area contributed by atoms with Gasteiger partial charge in [0.1, 0.15) is 0 Å². The van der Waals surface area contributed by atoms with Crippen molar-refractivity contribution >= 4 is 23.9 Å². The molecule has 5 aliphatic heterocycles. The highest BCUT2D eigenvalue weighted by Crippen LogP contribution is 2.29. The molecule has 5 aliphatic rings. The largest absolute Gasteiger partial charge is 0.481 e. The number of benzene rings is 4. The molecule has 16 nitrogen and oxygen atoms in total. The van der Waals surface area contributed by atoms with Crippen LogP contribution in [0.25, 0.3) is 0 Å². The van der Waals surface area contributed by atoms with Crippen molar-refractivity contribution in [3.05, 3.63) is 142 Å². The third-order valence-electron chi connectivity index (χ3n) is 18.3. The van der Waals surface area contributed by atoms with Crippen LogP contribution in [0, 0.1) is 47.3 Å². The summed E-state index contributed by atoms with van der Waals surface area (Å²) >= 11 is 0. The van der Waals surface area contributed by atoms with Gasteiger partial charge in [0.05, 0.1) is 23.7 Å². The van der Waals surface area contributed by atoms with Crippen LogP contribution in [0.1, 0.15) is 70.2 Å². The molecule has 0 saturated carbocycles. The molecule has 16 heteroatoms. The number of carboxylic acids is 4. The molecule has 432 valence electrons. The average molecular weight is 1100 g/mol. The number of aliphatic carboxylic acids is 4. The summed E-state index contributed by atoms with van der Waals surface area (Å²) in [6.45, 7) is 15.4. The SMILES string of the molecule is O=C(O)[C@@H](Cc1cccc(CN2CCN(Cc3cccc(C[C@H](C(=O)O)C4CCNC4)c3)CCN(Cc3cccc(C[C@H](C(=O)O)C4CCNC4)c3)CCN(Cc3cccc(C[C@H](C(=O)O)C4CCNC4)c3)CC2)c1)C1CCNC1. The first-order valence-electron chi connectivity index (χ1n) is 29.8. The van der Waals surface area contributed by atoms with Crippen LogP contribution in [-0.2, 0) is 71.0 Å². The lowest BCUT2D eigenvalue weighted by molar-refractivity contribution is -0.144. The molecule has 0 spiro atoms. The van der Waals surface area contributed by atoms with Gasteiger partial charge in [-0.25, -0.2) is 0 Å². The first-order valence-corrected chi connectivity index (χ1v) is 29.8. The Morgan fingerprint density at radius 3 is 0.725 bits per heavy atom. The Morgan fingerprint density at radius 1 is 0.350 bits per heavy atom. The Morgan fingerprint density at radius 2 is 0.550 bits per heavy atom. The van der Waals surface area contributed by atoms with Gasteiger partial charge >= 0.3 is 23.9 Å². The first kappa shape index (κ1) is 59.1. The molecule has 4 unspecified atom stereocenters. The fraction of sp³-hybridized carbons (Fsp3) is 0.562. The molecule has 80 heavy (non-hydrogen) atoms. The smallest absolute Gasteiger partial charge is 0.307 e. The molecule has 9 rings (SSSR count). The van der Waals surface area contributed by atoms with E-state index in [1.165, 1.54) is 0 Å². The van der Waals surface area contributed by atoms with E-state index in [2.05, 4.69) is 138 Å². The topological polar surface area (TPSA) is 210 Å². The number of carboxylic acid groups (broad SMARTS) is 4. The molecular weight excluding hydrogens is 1010 g/mol. The first-order chi connectivity index (χ1) is 38.9. The molecule has 0 aromatic heterocycles. The molecular formula is C64H88N8O8. The summed E-state index contributed by atoms with van der Waals surface area (Å²) in [6, 6.07) is 34.1. The quantitative estimate of drug-likeness (QED) is 0.0441. The van der Waals surface area contributed by atoms with E-state index in [1.807, 2.05) is 0 Å². The summed E-state index contributed by atoms with van der Waals surface area (Å²) in [5.74, 6) is -4.32. The van der Waals surface area contributed by atoms with Gasteiger partial charge in [-0.15, -0.1) is 0 Å². The number of carbonyl (C=O) groups is 4. The van der Waals surface area contributed by atoms with E-state index >= 15 is 0 Å². The van der Waals surface area contributed by atoms with Crippen LogP contribution >= 0.6 is 0 Å². The van der Waals surface area contributed by atoms with Crippen molar-refractivity contribution in [1.29, 1.82) is 0 Å². The molecule has 0 aliphatic carbocycles. The van der Waals surface area contributed by atoms with Crippen LogP contribution in [0.5, 0.6) is 0 Å². The van der Waals surface area contributed by atoms with Crippen LogP contribution in [-0.4, -0.2) is 169 Å². The van der Waals surface area contributed by atoms with Gasteiger partial charge in [0.25, 0.3) is 0 Å². The lowest BCUT2D eigenvalue weighted by Crippen LogP contribution is -2.45. The molecule has 8 N–H and O–H groups in total. The number of hydrogen-bond donors (Lipinski definition) is 8. The Kier molecular flexibility index (Phi) is 21.7. The van der Waals surface area contributed by atoms with Gasteiger partial charge in [-0.2, -0.15) is 0 Å². The summed E-state index contributed by atoms with van der Waals surface area (Å²) in [5.41, 5.74) is 8.78. The van der Waals surface area contributed by atoms with E-state index in [4.69, 9.17) is 0 Å². The molecule has 0 radical (unpaired) electrons. The Balaban J connectivity index is 0.983. The minimum absolute atomic E-state index is 0.104. The van der Waals surface area contributed by atoms with E-state index in [1.54, 1.807) is 0 Å². The molecule has 0 bridgehead atoms. The molecule has 5 fully saturated rings. The van der Waals surface area contributed by atoms with Crippen LogP contribution in [0.15, 0.2) is 97.1 Å². The normalized spacial score (nSPS) is 23.7. The second-order valence-electron chi connectivity index (χ2n) is 24.0. The highest BCUT2D eigenvalue weighted by atomic mass is 16.4. The number of nitrogens with one attached hydrogen (secondary N) is 4. The lowest BCUT2D eigenvalue weighted by atomic mass is 9.86. The predicted molar refractivity (Wildman–Crippen MR) is 310 cm³/mol. The Hall–Kier alpha value is -5.56. The van der Waals surface area contributed by atoms with Gasteiger partial charge in [-0.3, -0.25) is 38.8 Å². The average Bonchev–Trinajstić information content (AvgIpc) is 4.32. The zero-order chi connectivity index (χ0) is 55.8. The van der Waals surface area contributed by atoms with Crippen molar-refractivity contribution in [2.45, 2.75) is 77.5 Å². The third kappa shape index (κ3) is 17.2. The van der Waals surface area contributed by atoms with E-state index in [-0.39, 0.29) is 23.7 Å². The van der Waals surface area contributed by atoms with Gasteiger partial charge in [0.15, 0.2) is 0 Å². The summed E-state index contributed by atoms with van der Waals surface area (Å²) in [5, 5.41) is 54.8. The van der Waals surface area contributed by atoms with Crippen molar-refractivity contribution in [2.24, 2.45) is 47.3 Å². The lowest BCUT2D eigenvalue weighted by Gasteiger charge is -2.35. The van der Waals surface area contributed by atoms with Gasteiger partial charge in [-0.05, 0) is 172 Å². The monoisotopic (exact) mass is 1100 g/mol. The van der Waals surface area contributed by atoms with Crippen molar-refractivity contribution in [3.63, 3.8) is 0 Å². The van der Waals surface area contributed by atoms with Gasteiger partial charge in [0, 0.05) is 78.5 Å². The van der Waals surface area contributed by atoms with E-state index in [9.17, 15) is 39.6 Å². The zero-order valence-electron chi connectivity index (χ0n) is 46.9. The van der Waals surface area contributed by atoms with Crippen LogP contribution in [0.4, 0.5) is 0 Å². The molecule has 4 aromatic rings. The summed E-state index contributed by atoms with van der Waals surface area (Å²) in [4.78, 5) is 60.5. The minimum Gasteiger partial charge on any atom is -0.481 e. The van der Waals surface area contributed by atoms with Crippen LogP contribution in [0.2, 0.25) is 0 Å². The second-order valence-corrected chi connectivity index (χ2v) is 24.0. The third-order valence-corrected chi connectivity index (χ3v) is 18.3. The van der Waals surface area contributed by atoms with Gasteiger partial charge in [0.2, 0.25) is 0 Å². The fourth-order valence-electron chi connectivity index (χ4n) is 13.6. The second kappa shape index (κ2) is 29.4. The summed E-state index contributed by atoms with van der Waals surface area (Å²) in [7, 11) is 0. The molecule has 5 saturated heterocycles. The minimum atomic E-state index is -0.738. The van der Waals surface area contributed by atoms with Crippen LogP contribution in [0.3, 0.4) is 0 Å². The van der Waals surface area contributed by atoms with E-state index in [0.717, 1.165) is 175 Å². The zero-order valence-corrected chi connectivity index (χ0v) is 46.9. The predicted octanol–water partition coefficient (Wildman–Crippen LogP) is 5.42. The summed E-state index contributed by atoms with van der Waals surface area (Å²) < 4.78 is 0. The van der Waals surface area contributed by atoms with E-state index < -0.39 is 47.5 Å². The maximum absolute atomic E-state index is 12.6. The molecule has 0 amide bonds. The maximum Gasteiger partial charge on any atom is 0.307 e. The Labute approximate surface area is 473 Å². The van der Waals surface area contributed by atoms with Crippen molar-refractivity contribution in [2.75, 3.05) is 105 Å². The van der Waals surface area contributed by atoms with Crippen LogP contribution < -0.4 is 21.3 Å². The molecule has 8 atom stereocenters. The fourth-order valence-corrected chi connectivity index (χ4v) is 13.6. The maximum atomic E-state index is 12.6. The molecule has 4 aromatic carbocycles. The van der Waals surface area contributed by atoms with E-state index in [0.29, 0.717) is 51.9 Å². The molecule has 5 heterocycles. The number of hydrogen-bond acceptors (Lipinski definition) is 12. The van der Waals surface area contributed by atoms with Crippen molar-refractivity contribution in [3.8, 4) is 0 Å². The Bertz CT molecular complexity index is 2270. The number of rotatable bonds is 24. The van der Waals surface area contributed by atoms with Gasteiger partial charge in [-0.1, -0.05) is 97.1 Å².